The molecule has 5 aromatic rings. The maximum absolute atomic E-state index is 13.1. The van der Waals surface area contributed by atoms with Crippen LogP contribution in [0.2, 0.25) is 0 Å². The molecule has 4 nitrogen and oxygen atoms in total. The molecule has 0 aliphatic rings. The first-order valence-electron chi connectivity index (χ1n) is 14.4. The number of hydrogen-bond acceptors (Lipinski definition) is 3. The van der Waals surface area contributed by atoms with Crippen molar-refractivity contribution in [3.8, 4) is 22.6 Å². The molecule has 5 rings (SSSR count). The molecule has 0 spiro atoms. The zero-order valence-electron chi connectivity index (χ0n) is 25.7. The van der Waals surface area contributed by atoms with E-state index in [-0.39, 0.29) is 16.6 Å². The molecule has 43 heavy (non-hydrogen) atoms. The minimum Gasteiger partial charge on any atom is -0.505 e. The fourth-order valence-corrected chi connectivity index (χ4v) is 6.13. The lowest BCUT2D eigenvalue weighted by Crippen LogP contribution is -2.27. The highest BCUT2D eigenvalue weighted by molar-refractivity contribution is 5.81. The average molecular weight is 586 g/mol. The summed E-state index contributed by atoms with van der Waals surface area (Å²) < 4.78 is 39.2. The Morgan fingerprint density at radius 3 is 1.86 bits per heavy atom. The van der Waals surface area contributed by atoms with Crippen molar-refractivity contribution in [2.24, 2.45) is 5.41 Å². The Balaban J connectivity index is 1.65. The molecule has 224 valence electrons. The molecule has 0 radical (unpaired) electrons. The predicted octanol–water partition coefficient (Wildman–Crippen LogP) is 9.85. The summed E-state index contributed by atoms with van der Waals surface area (Å²) in [6.45, 7) is 15.3. The van der Waals surface area contributed by atoms with Crippen LogP contribution in [0, 0.1) is 5.41 Å². The van der Waals surface area contributed by atoms with Gasteiger partial charge in [0, 0.05) is 11.0 Å². The van der Waals surface area contributed by atoms with Crippen LogP contribution in [0.25, 0.3) is 27.8 Å². The fourth-order valence-electron chi connectivity index (χ4n) is 6.13. The van der Waals surface area contributed by atoms with Crippen molar-refractivity contribution in [3.05, 3.63) is 107 Å². The summed E-state index contributed by atoms with van der Waals surface area (Å²) in [5, 5.41) is 21.3. The van der Waals surface area contributed by atoms with Crippen LogP contribution in [0.15, 0.2) is 84.9 Å². The van der Waals surface area contributed by atoms with Gasteiger partial charge in [0.2, 0.25) is 0 Å². The van der Waals surface area contributed by atoms with Gasteiger partial charge in [0.15, 0.2) is 0 Å². The average Bonchev–Trinajstić information content (AvgIpc) is 3.35. The lowest BCUT2D eigenvalue weighted by atomic mass is 9.70. The van der Waals surface area contributed by atoms with E-state index in [4.69, 9.17) is 10.2 Å². The summed E-state index contributed by atoms with van der Waals surface area (Å²) in [7, 11) is 0. The van der Waals surface area contributed by atoms with E-state index in [1.807, 2.05) is 30.3 Å². The van der Waals surface area contributed by atoms with Crippen molar-refractivity contribution in [1.29, 1.82) is 0 Å². The van der Waals surface area contributed by atoms with Crippen molar-refractivity contribution < 1.29 is 18.3 Å². The van der Waals surface area contributed by atoms with Crippen molar-refractivity contribution in [1.82, 2.24) is 15.0 Å². The number of phenolic OH excluding ortho intramolecular Hbond substituents is 1. The Morgan fingerprint density at radius 1 is 0.651 bits per heavy atom. The summed E-state index contributed by atoms with van der Waals surface area (Å²) in [6, 6.07) is 24.7. The van der Waals surface area contributed by atoms with Crippen LogP contribution in [-0.4, -0.2) is 20.1 Å². The maximum atomic E-state index is 13.1. The lowest BCUT2D eigenvalue weighted by molar-refractivity contribution is -0.137. The van der Waals surface area contributed by atoms with Crippen molar-refractivity contribution in [3.63, 3.8) is 0 Å². The monoisotopic (exact) mass is 585 g/mol. The van der Waals surface area contributed by atoms with Crippen LogP contribution in [0.3, 0.4) is 0 Å². The number of hydrogen-bond donors (Lipinski definition) is 1. The van der Waals surface area contributed by atoms with Gasteiger partial charge in [0.1, 0.15) is 22.5 Å². The van der Waals surface area contributed by atoms with Gasteiger partial charge in [-0.15, -0.1) is 15.0 Å². The molecule has 0 unspecified atom stereocenters. The van der Waals surface area contributed by atoms with Gasteiger partial charge in [-0.1, -0.05) is 103 Å². The topological polar surface area (TPSA) is 50.9 Å². The Hall–Kier alpha value is -4.13. The number of fused-ring (bicyclic) bond motifs is 1. The predicted molar refractivity (Wildman–Crippen MR) is 167 cm³/mol. The summed E-state index contributed by atoms with van der Waals surface area (Å²) in [5.74, 6) is 0.104. The molecule has 0 saturated carbocycles. The Labute approximate surface area is 251 Å². The van der Waals surface area contributed by atoms with Crippen molar-refractivity contribution in [2.45, 2.75) is 71.9 Å². The fraction of sp³-hybridized carbons (Fsp3) is 0.333. The first-order valence-corrected chi connectivity index (χ1v) is 14.4. The quantitative estimate of drug-likeness (QED) is 0.216. The number of aromatic nitrogens is 3. The van der Waals surface area contributed by atoms with E-state index < -0.39 is 17.2 Å². The summed E-state index contributed by atoms with van der Waals surface area (Å²) in [4.78, 5) is 1.47. The second-order valence-corrected chi connectivity index (χ2v) is 13.8. The molecule has 1 N–H and O–H groups in total. The zero-order chi connectivity index (χ0) is 31.4. The third-order valence-electron chi connectivity index (χ3n) is 8.15. The Bertz CT molecular complexity index is 1760. The first-order chi connectivity index (χ1) is 20.0. The number of halogens is 3. The molecule has 0 fully saturated rings. The zero-order valence-corrected chi connectivity index (χ0v) is 25.7. The van der Waals surface area contributed by atoms with E-state index in [9.17, 15) is 18.3 Å². The maximum Gasteiger partial charge on any atom is 0.416 e. The molecule has 0 saturated heterocycles. The lowest BCUT2D eigenvalue weighted by Gasteiger charge is -2.35. The van der Waals surface area contributed by atoms with Gasteiger partial charge in [0.25, 0.3) is 0 Å². The SMILES string of the molecule is CC(C)(C)CC(C)(C)c1cc(-n2nc3ccc(-c4ccc(C(F)(F)F)cc4)cc3n2)c(O)c(C(C)(C)c2ccccc2)c1. The van der Waals surface area contributed by atoms with Crippen LogP contribution >= 0.6 is 0 Å². The standard InChI is InChI=1S/C36H38F3N3O/c1-33(2,3)22-34(4,5)27-20-28(35(6,7)25-11-9-8-10-12-25)32(43)31(21-27)42-40-29-18-15-24(19-30(29)41-42)23-13-16-26(17-14-23)36(37,38)39/h8-21,43H,22H2,1-7H3. The number of benzene rings is 4. The number of phenols is 1. The van der Waals surface area contributed by atoms with Gasteiger partial charge in [0.05, 0.1) is 5.56 Å². The molecule has 0 aliphatic heterocycles. The molecule has 0 amide bonds. The largest absolute Gasteiger partial charge is 0.505 e. The molecule has 1 heterocycles. The first kappa shape index (κ1) is 30.3. The number of nitrogens with zero attached hydrogens (tertiary/aromatic N) is 3. The molecular weight excluding hydrogens is 547 g/mol. The second-order valence-electron chi connectivity index (χ2n) is 13.8. The van der Waals surface area contributed by atoms with Gasteiger partial charge in [-0.05, 0) is 69.8 Å². The molecular formula is C36H38F3N3O. The van der Waals surface area contributed by atoms with E-state index in [2.05, 4.69) is 66.7 Å². The van der Waals surface area contributed by atoms with Crippen LogP contribution in [-0.2, 0) is 17.0 Å². The van der Waals surface area contributed by atoms with Crippen LogP contribution in [0.5, 0.6) is 5.75 Å². The highest BCUT2D eigenvalue weighted by Crippen LogP contribution is 2.45. The van der Waals surface area contributed by atoms with E-state index in [0.717, 1.165) is 40.8 Å². The van der Waals surface area contributed by atoms with E-state index in [1.165, 1.54) is 16.9 Å². The normalized spacial score (nSPS) is 13.1. The summed E-state index contributed by atoms with van der Waals surface area (Å²) >= 11 is 0. The van der Waals surface area contributed by atoms with Gasteiger partial charge in [-0.2, -0.15) is 13.2 Å². The molecule has 1 aromatic heterocycles. The number of alkyl halides is 3. The molecule has 7 heteroatoms. The number of rotatable bonds is 6. The van der Waals surface area contributed by atoms with Crippen molar-refractivity contribution >= 4 is 11.0 Å². The van der Waals surface area contributed by atoms with Crippen LogP contribution < -0.4 is 0 Å². The minimum atomic E-state index is -4.39. The van der Waals surface area contributed by atoms with Crippen molar-refractivity contribution in [2.75, 3.05) is 0 Å². The highest BCUT2D eigenvalue weighted by atomic mass is 19.4. The van der Waals surface area contributed by atoms with Gasteiger partial charge in [-0.25, -0.2) is 0 Å². The summed E-state index contributed by atoms with van der Waals surface area (Å²) in [6.07, 6.45) is -3.47. The van der Waals surface area contributed by atoms with E-state index in [1.54, 1.807) is 12.1 Å². The summed E-state index contributed by atoms with van der Waals surface area (Å²) in [5.41, 5.74) is 4.59. The highest BCUT2D eigenvalue weighted by Gasteiger charge is 2.34. The van der Waals surface area contributed by atoms with Gasteiger partial charge >= 0.3 is 6.18 Å². The van der Waals surface area contributed by atoms with Crippen LogP contribution in [0.4, 0.5) is 13.2 Å². The van der Waals surface area contributed by atoms with Gasteiger partial charge in [-0.3, -0.25) is 0 Å². The smallest absolute Gasteiger partial charge is 0.416 e. The molecule has 4 aromatic carbocycles. The van der Waals surface area contributed by atoms with Crippen LogP contribution in [0.1, 0.15) is 77.1 Å². The molecule has 0 bridgehead atoms. The van der Waals surface area contributed by atoms with E-state index >= 15 is 0 Å². The molecule has 0 atom stereocenters. The molecule has 0 aliphatic carbocycles. The minimum absolute atomic E-state index is 0.0734. The van der Waals surface area contributed by atoms with E-state index in [0.29, 0.717) is 22.3 Å². The second kappa shape index (κ2) is 10.5. The third kappa shape index (κ3) is 6.17. The Morgan fingerprint density at radius 2 is 1.26 bits per heavy atom. The number of aromatic hydroxyl groups is 1. The third-order valence-corrected chi connectivity index (χ3v) is 8.15. The van der Waals surface area contributed by atoms with Gasteiger partial charge < -0.3 is 5.11 Å². The Kier molecular flexibility index (Phi) is 7.44.